The molecule has 4 rings (SSSR count). The highest BCUT2D eigenvalue weighted by Gasteiger charge is 2.00. The minimum atomic E-state index is 0.621. The number of ether oxygens (including phenoxy) is 2. The van der Waals surface area contributed by atoms with E-state index in [-0.39, 0.29) is 0 Å². The average Bonchev–Trinajstić information content (AvgIpc) is 3.00. The van der Waals surface area contributed by atoms with E-state index in [1.165, 1.54) is 0 Å². The van der Waals surface area contributed by atoms with Gasteiger partial charge in [-0.25, -0.2) is 0 Å². The largest absolute Gasteiger partial charge is 0.494 e. The summed E-state index contributed by atoms with van der Waals surface area (Å²) in [6.07, 6.45) is 2.06. The highest BCUT2D eigenvalue weighted by Crippen LogP contribution is 2.27. The zero-order chi connectivity index (χ0) is 29.6. The van der Waals surface area contributed by atoms with Crippen molar-refractivity contribution >= 4 is 34.1 Å². The smallest absolute Gasteiger partial charge is 0.119 e. The van der Waals surface area contributed by atoms with Crippen LogP contribution < -0.4 is 9.47 Å². The molecule has 0 bridgehead atoms. The fourth-order valence-electron chi connectivity index (χ4n) is 3.56. The van der Waals surface area contributed by atoms with E-state index < -0.39 is 0 Å². The molecule has 0 aliphatic carbocycles. The third kappa shape index (κ3) is 10.7. The number of benzene rings is 4. The van der Waals surface area contributed by atoms with Gasteiger partial charge >= 0.3 is 0 Å². The van der Waals surface area contributed by atoms with Gasteiger partial charge in [0.2, 0.25) is 0 Å². The van der Waals surface area contributed by atoms with Gasteiger partial charge in [0.05, 0.1) is 47.3 Å². The molecule has 0 saturated heterocycles. The molecule has 0 atom stereocenters. The molecule has 8 heteroatoms. The zero-order valence-corrected chi connectivity index (χ0v) is 24.7. The molecular formula is C34H38N6O2. The van der Waals surface area contributed by atoms with Gasteiger partial charge in [-0.2, -0.15) is 30.7 Å². The van der Waals surface area contributed by atoms with Gasteiger partial charge in [-0.1, -0.05) is 27.7 Å². The van der Waals surface area contributed by atoms with Gasteiger partial charge in [0, 0.05) is 0 Å². The van der Waals surface area contributed by atoms with Gasteiger partial charge in [-0.15, -0.1) is 0 Å². The summed E-state index contributed by atoms with van der Waals surface area (Å²) in [5.74, 6) is 2.92. The maximum absolute atomic E-state index is 5.75. The number of azo groups is 3. The third-order valence-corrected chi connectivity index (χ3v) is 6.14. The average molecular weight is 563 g/mol. The molecule has 0 unspecified atom stereocenters. The first-order chi connectivity index (χ1) is 20.4. The van der Waals surface area contributed by atoms with Gasteiger partial charge in [0.1, 0.15) is 11.5 Å². The van der Waals surface area contributed by atoms with Crippen molar-refractivity contribution in [2.24, 2.45) is 42.5 Å². The van der Waals surface area contributed by atoms with Crippen LogP contribution in [0.2, 0.25) is 0 Å². The molecule has 8 nitrogen and oxygen atoms in total. The number of hydrogen-bond donors (Lipinski definition) is 0. The molecule has 0 fully saturated rings. The Kier molecular flexibility index (Phi) is 11.5. The van der Waals surface area contributed by atoms with Gasteiger partial charge in [-0.05, 0) is 122 Å². The maximum atomic E-state index is 5.75. The molecule has 0 heterocycles. The van der Waals surface area contributed by atoms with E-state index in [0.717, 1.165) is 58.5 Å². The lowest BCUT2D eigenvalue weighted by Gasteiger charge is -2.07. The van der Waals surface area contributed by atoms with Crippen molar-refractivity contribution in [2.75, 3.05) is 13.2 Å². The van der Waals surface area contributed by atoms with Crippen LogP contribution in [0.3, 0.4) is 0 Å². The topological polar surface area (TPSA) is 92.6 Å². The van der Waals surface area contributed by atoms with Gasteiger partial charge in [0.15, 0.2) is 0 Å². The lowest BCUT2D eigenvalue weighted by Crippen LogP contribution is -2.00. The number of rotatable bonds is 14. The molecular weight excluding hydrogens is 524 g/mol. The van der Waals surface area contributed by atoms with Gasteiger partial charge in [0.25, 0.3) is 0 Å². The second-order valence-electron chi connectivity index (χ2n) is 10.7. The van der Waals surface area contributed by atoms with Crippen molar-refractivity contribution in [2.45, 2.75) is 40.5 Å². The molecule has 0 aliphatic rings. The number of nitrogens with zero attached hydrogens (tertiary/aromatic N) is 6. The summed E-state index contributed by atoms with van der Waals surface area (Å²) in [6.45, 7) is 10.2. The molecule has 0 aromatic heterocycles. The van der Waals surface area contributed by atoms with E-state index in [1.54, 1.807) is 0 Å². The summed E-state index contributed by atoms with van der Waals surface area (Å²) in [4.78, 5) is 0. The van der Waals surface area contributed by atoms with Crippen LogP contribution in [0.15, 0.2) is 128 Å². The molecule has 0 radical (unpaired) electrons. The normalized spacial score (nSPS) is 11.9. The first kappa shape index (κ1) is 30.2. The number of hydrogen-bond acceptors (Lipinski definition) is 8. The van der Waals surface area contributed by atoms with Crippen molar-refractivity contribution in [3.63, 3.8) is 0 Å². The predicted octanol–water partition coefficient (Wildman–Crippen LogP) is 11.8. The van der Waals surface area contributed by atoms with Crippen molar-refractivity contribution in [3.8, 4) is 11.5 Å². The van der Waals surface area contributed by atoms with E-state index in [4.69, 9.17) is 9.47 Å². The Labute approximate surface area is 248 Å². The van der Waals surface area contributed by atoms with Crippen LogP contribution in [0.4, 0.5) is 34.1 Å². The van der Waals surface area contributed by atoms with E-state index in [9.17, 15) is 0 Å². The molecule has 0 spiro atoms. The van der Waals surface area contributed by atoms with Crippen molar-refractivity contribution < 1.29 is 9.47 Å². The quantitative estimate of drug-likeness (QED) is 0.143. The van der Waals surface area contributed by atoms with Gasteiger partial charge < -0.3 is 9.47 Å². The van der Waals surface area contributed by atoms with E-state index in [1.807, 2.05) is 97.1 Å². The molecule has 0 N–H and O–H groups in total. The van der Waals surface area contributed by atoms with Crippen molar-refractivity contribution in [1.29, 1.82) is 0 Å². The van der Waals surface area contributed by atoms with E-state index >= 15 is 0 Å². The van der Waals surface area contributed by atoms with E-state index in [2.05, 4.69) is 58.4 Å². The highest BCUT2D eigenvalue weighted by molar-refractivity contribution is 5.50. The second kappa shape index (κ2) is 15.9. The van der Waals surface area contributed by atoms with Crippen LogP contribution in [-0.4, -0.2) is 13.2 Å². The first-order valence-electron chi connectivity index (χ1n) is 14.3. The summed E-state index contributed by atoms with van der Waals surface area (Å²) < 4.78 is 11.5. The Morgan fingerprint density at radius 2 is 0.595 bits per heavy atom. The van der Waals surface area contributed by atoms with Crippen LogP contribution in [0, 0.1) is 11.8 Å². The van der Waals surface area contributed by atoms with Crippen LogP contribution in [0.25, 0.3) is 0 Å². The van der Waals surface area contributed by atoms with Crippen molar-refractivity contribution in [1.82, 2.24) is 0 Å². The SMILES string of the molecule is CC(C)CCOc1ccc(N=Nc2ccc(N=Nc3ccc(N=Nc4ccc(OCCC(C)C)cc4)cc3)cc2)cc1. The predicted molar refractivity (Wildman–Crippen MR) is 168 cm³/mol. The molecule has 216 valence electrons. The summed E-state index contributed by atoms with van der Waals surface area (Å²) in [6, 6.07) is 30.1. The molecule has 42 heavy (non-hydrogen) atoms. The second-order valence-corrected chi connectivity index (χ2v) is 10.7. The minimum absolute atomic E-state index is 0.621. The Bertz CT molecular complexity index is 1330. The summed E-state index contributed by atoms with van der Waals surface area (Å²) in [5, 5.41) is 25.9. The van der Waals surface area contributed by atoms with Crippen LogP contribution in [0.1, 0.15) is 40.5 Å². The van der Waals surface area contributed by atoms with E-state index in [0.29, 0.717) is 25.0 Å². The maximum Gasteiger partial charge on any atom is 0.119 e. The van der Waals surface area contributed by atoms with Crippen LogP contribution in [-0.2, 0) is 0 Å². The standard InChI is InChI=1S/C34H38N6O2/c1-25(2)21-23-41-33-17-13-31(14-18-33)39-37-29-9-5-27(6-10-29)35-36-28-7-11-30(12-8-28)38-40-32-15-19-34(20-16-32)42-24-22-26(3)4/h5-20,25-26H,21-24H2,1-4H3. The fourth-order valence-corrected chi connectivity index (χ4v) is 3.56. The Balaban J connectivity index is 1.24. The minimum Gasteiger partial charge on any atom is -0.494 e. The lowest BCUT2D eigenvalue weighted by atomic mass is 10.1. The lowest BCUT2D eigenvalue weighted by molar-refractivity contribution is 0.289. The molecule has 0 amide bonds. The Morgan fingerprint density at radius 3 is 0.810 bits per heavy atom. The van der Waals surface area contributed by atoms with Crippen LogP contribution >= 0.6 is 0 Å². The Morgan fingerprint density at radius 1 is 0.381 bits per heavy atom. The zero-order valence-electron chi connectivity index (χ0n) is 24.7. The van der Waals surface area contributed by atoms with Crippen LogP contribution in [0.5, 0.6) is 11.5 Å². The highest BCUT2D eigenvalue weighted by atomic mass is 16.5. The Hall–Kier alpha value is -4.72. The summed E-state index contributed by atoms with van der Waals surface area (Å²) >= 11 is 0. The molecule has 0 aliphatic heterocycles. The first-order valence-corrected chi connectivity index (χ1v) is 14.3. The summed E-state index contributed by atoms with van der Waals surface area (Å²) in [7, 11) is 0. The van der Waals surface area contributed by atoms with Gasteiger partial charge in [-0.3, -0.25) is 0 Å². The van der Waals surface area contributed by atoms with Crippen molar-refractivity contribution in [3.05, 3.63) is 97.1 Å². The third-order valence-electron chi connectivity index (χ3n) is 6.14. The monoisotopic (exact) mass is 562 g/mol. The summed E-state index contributed by atoms with van der Waals surface area (Å²) in [5.41, 5.74) is 4.42. The molecule has 4 aromatic carbocycles. The molecule has 0 saturated carbocycles. The fraction of sp³-hybridized carbons (Fsp3) is 0.294. The molecule has 4 aromatic rings.